The van der Waals surface area contributed by atoms with Crippen LogP contribution in [0.15, 0.2) is 27.8 Å². The molecule has 0 atom stereocenters. The summed E-state index contributed by atoms with van der Waals surface area (Å²) < 4.78 is 6.39. The van der Waals surface area contributed by atoms with Crippen LogP contribution in [-0.4, -0.2) is 29.8 Å². The Morgan fingerprint density at radius 3 is 2.84 bits per heavy atom. The van der Waals surface area contributed by atoms with E-state index in [0.29, 0.717) is 5.92 Å². The second kappa shape index (κ2) is 6.10. The van der Waals surface area contributed by atoms with Gasteiger partial charge in [-0.2, -0.15) is 0 Å². The average Bonchev–Trinajstić information content (AvgIpc) is 2.94. The van der Waals surface area contributed by atoms with E-state index in [9.17, 15) is 0 Å². The molecule has 2 aromatic heterocycles. The Hall–Kier alpha value is -1.49. The number of H-pyrrole nitrogens is 2. The number of hydrogen-bond donors (Lipinski definition) is 2. The molecule has 0 amide bonds. The molecule has 2 heterocycles. The summed E-state index contributed by atoms with van der Waals surface area (Å²) in [6, 6.07) is 3.93. The lowest BCUT2D eigenvalue weighted by molar-refractivity contribution is 0.415. The molecule has 5 heteroatoms. The maximum absolute atomic E-state index is 5.37. The number of halogens is 1. The van der Waals surface area contributed by atoms with Gasteiger partial charge in [-0.3, -0.25) is 4.99 Å². The van der Waals surface area contributed by atoms with Crippen LogP contribution >= 0.6 is 15.9 Å². The fourth-order valence-corrected chi connectivity index (χ4v) is 2.22. The number of methoxy groups -OCH3 is 1. The zero-order valence-electron chi connectivity index (χ0n) is 11.3. The first-order valence-corrected chi connectivity index (χ1v) is 7.01. The van der Waals surface area contributed by atoms with Gasteiger partial charge in [0.05, 0.1) is 24.2 Å². The van der Waals surface area contributed by atoms with Crippen LogP contribution in [0.3, 0.4) is 0 Å². The third-order valence-corrected chi connectivity index (χ3v) is 3.35. The van der Waals surface area contributed by atoms with Crippen molar-refractivity contribution in [2.75, 3.05) is 13.7 Å². The van der Waals surface area contributed by atoms with Crippen LogP contribution in [0.2, 0.25) is 0 Å². The molecule has 0 aliphatic heterocycles. The molecule has 2 rings (SSSR count). The standard InChI is InChI=1S/C14H18BrN3O/c1-9(2)7-16-8-12-13(19-3)6-11(18-12)14-10(15)4-5-17-14/h4-6,8-9,17-18H,7H2,1-3H3. The van der Waals surface area contributed by atoms with Gasteiger partial charge < -0.3 is 14.7 Å². The maximum Gasteiger partial charge on any atom is 0.146 e. The molecule has 0 fully saturated rings. The predicted molar refractivity (Wildman–Crippen MR) is 82.1 cm³/mol. The Kier molecular flexibility index (Phi) is 4.47. The van der Waals surface area contributed by atoms with Gasteiger partial charge >= 0.3 is 0 Å². The highest BCUT2D eigenvalue weighted by Gasteiger charge is 2.11. The van der Waals surface area contributed by atoms with Gasteiger partial charge in [-0.15, -0.1) is 0 Å². The molecular formula is C14H18BrN3O. The van der Waals surface area contributed by atoms with Crippen LogP contribution in [-0.2, 0) is 0 Å². The van der Waals surface area contributed by atoms with Gasteiger partial charge in [-0.25, -0.2) is 0 Å². The second-order valence-corrected chi connectivity index (χ2v) is 5.61. The number of aromatic nitrogens is 2. The monoisotopic (exact) mass is 323 g/mol. The summed E-state index contributed by atoms with van der Waals surface area (Å²) in [5.74, 6) is 1.35. The molecule has 2 aromatic rings. The predicted octanol–water partition coefficient (Wildman–Crippen LogP) is 3.86. The Morgan fingerprint density at radius 2 is 2.26 bits per heavy atom. The molecule has 19 heavy (non-hydrogen) atoms. The second-order valence-electron chi connectivity index (χ2n) is 4.75. The topological polar surface area (TPSA) is 53.2 Å². The van der Waals surface area contributed by atoms with Crippen LogP contribution in [0.4, 0.5) is 0 Å². The molecule has 4 nitrogen and oxygen atoms in total. The molecule has 0 aromatic carbocycles. The van der Waals surface area contributed by atoms with Gasteiger partial charge in [0.2, 0.25) is 0 Å². The minimum Gasteiger partial charge on any atom is -0.494 e. The number of aromatic amines is 2. The van der Waals surface area contributed by atoms with Gasteiger partial charge in [0.1, 0.15) is 5.75 Å². The molecule has 2 N–H and O–H groups in total. The van der Waals surface area contributed by atoms with Crippen molar-refractivity contribution in [2.45, 2.75) is 13.8 Å². The van der Waals surface area contributed by atoms with Crippen LogP contribution in [0, 0.1) is 5.92 Å². The van der Waals surface area contributed by atoms with Gasteiger partial charge in [0.15, 0.2) is 0 Å². The smallest absolute Gasteiger partial charge is 0.146 e. The van der Waals surface area contributed by atoms with E-state index in [1.165, 1.54) is 0 Å². The molecule has 0 bridgehead atoms. The summed E-state index contributed by atoms with van der Waals surface area (Å²) in [6.45, 7) is 5.10. The molecule has 0 radical (unpaired) electrons. The van der Waals surface area contributed by atoms with Gasteiger partial charge in [0, 0.05) is 29.5 Å². The first kappa shape index (κ1) is 13.9. The zero-order valence-corrected chi connectivity index (χ0v) is 12.9. The normalized spacial score (nSPS) is 11.6. The van der Waals surface area contributed by atoms with E-state index in [-0.39, 0.29) is 0 Å². The zero-order chi connectivity index (χ0) is 13.8. The number of ether oxygens (including phenoxy) is 1. The van der Waals surface area contributed by atoms with Crippen LogP contribution in [0.5, 0.6) is 5.75 Å². The van der Waals surface area contributed by atoms with E-state index in [1.807, 2.05) is 24.5 Å². The SMILES string of the molecule is COc1cc(-c2[nH]ccc2Br)[nH]c1C=NCC(C)C. The summed E-state index contributed by atoms with van der Waals surface area (Å²) >= 11 is 3.50. The molecule has 0 aliphatic carbocycles. The minimum absolute atomic E-state index is 0.550. The Balaban J connectivity index is 2.27. The van der Waals surface area contributed by atoms with Crippen molar-refractivity contribution in [1.82, 2.24) is 9.97 Å². The molecule has 102 valence electrons. The van der Waals surface area contributed by atoms with Crippen LogP contribution in [0.25, 0.3) is 11.4 Å². The Bertz CT molecular complexity index is 569. The number of nitrogens with one attached hydrogen (secondary N) is 2. The third-order valence-electron chi connectivity index (χ3n) is 2.69. The van der Waals surface area contributed by atoms with E-state index in [0.717, 1.165) is 33.8 Å². The van der Waals surface area contributed by atoms with Crippen LogP contribution < -0.4 is 4.74 Å². The van der Waals surface area contributed by atoms with E-state index in [4.69, 9.17) is 4.74 Å². The van der Waals surface area contributed by atoms with Crippen molar-refractivity contribution in [3.63, 3.8) is 0 Å². The summed E-state index contributed by atoms with van der Waals surface area (Å²) in [6.07, 6.45) is 3.72. The summed E-state index contributed by atoms with van der Waals surface area (Å²) in [7, 11) is 1.66. The highest BCUT2D eigenvalue weighted by atomic mass is 79.9. The molecule has 0 aliphatic rings. The number of hydrogen-bond acceptors (Lipinski definition) is 2. The van der Waals surface area contributed by atoms with Crippen molar-refractivity contribution in [3.8, 4) is 17.1 Å². The lowest BCUT2D eigenvalue weighted by Crippen LogP contribution is -1.94. The summed E-state index contributed by atoms with van der Waals surface area (Å²) in [5, 5.41) is 0. The summed E-state index contributed by atoms with van der Waals surface area (Å²) in [5.41, 5.74) is 2.86. The van der Waals surface area contributed by atoms with E-state index in [2.05, 4.69) is 44.7 Å². The number of rotatable bonds is 5. The average molecular weight is 324 g/mol. The van der Waals surface area contributed by atoms with Crippen molar-refractivity contribution in [2.24, 2.45) is 10.9 Å². The van der Waals surface area contributed by atoms with Crippen molar-refractivity contribution >= 4 is 22.1 Å². The first-order chi connectivity index (χ1) is 9.11. The molecule has 0 saturated carbocycles. The maximum atomic E-state index is 5.37. The summed E-state index contributed by atoms with van der Waals surface area (Å²) in [4.78, 5) is 10.9. The molecular weight excluding hydrogens is 306 g/mol. The van der Waals surface area contributed by atoms with Crippen molar-refractivity contribution in [3.05, 3.63) is 28.5 Å². The fourth-order valence-electron chi connectivity index (χ4n) is 1.76. The number of aliphatic imine (C=N–C) groups is 1. The van der Waals surface area contributed by atoms with Gasteiger partial charge in [-0.05, 0) is 27.9 Å². The van der Waals surface area contributed by atoms with Crippen molar-refractivity contribution in [1.29, 1.82) is 0 Å². The molecule has 0 spiro atoms. The van der Waals surface area contributed by atoms with E-state index in [1.54, 1.807) is 7.11 Å². The van der Waals surface area contributed by atoms with Crippen molar-refractivity contribution < 1.29 is 4.74 Å². The lowest BCUT2D eigenvalue weighted by Gasteiger charge is -1.98. The van der Waals surface area contributed by atoms with E-state index >= 15 is 0 Å². The van der Waals surface area contributed by atoms with Gasteiger partial charge in [-0.1, -0.05) is 13.8 Å². The largest absolute Gasteiger partial charge is 0.494 e. The first-order valence-electron chi connectivity index (χ1n) is 6.22. The molecule has 0 unspecified atom stereocenters. The highest BCUT2D eigenvalue weighted by Crippen LogP contribution is 2.30. The van der Waals surface area contributed by atoms with Crippen LogP contribution in [0.1, 0.15) is 19.5 Å². The Morgan fingerprint density at radius 1 is 1.47 bits per heavy atom. The minimum atomic E-state index is 0.550. The van der Waals surface area contributed by atoms with E-state index < -0.39 is 0 Å². The highest BCUT2D eigenvalue weighted by molar-refractivity contribution is 9.10. The quantitative estimate of drug-likeness (QED) is 0.806. The lowest BCUT2D eigenvalue weighted by atomic mass is 10.2. The third kappa shape index (κ3) is 3.29. The fraction of sp³-hybridized carbons (Fsp3) is 0.357. The Labute approximate surface area is 121 Å². The molecule has 0 saturated heterocycles. The number of nitrogens with zero attached hydrogens (tertiary/aromatic N) is 1. The van der Waals surface area contributed by atoms with Gasteiger partial charge in [0.25, 0.3) is 0 Å².